The smallest absolute Gasteiger partial charge is 0.0455 e. The van der Waals surface area contributed by atoms with Gasteiger partial charge in [-0.3, -0.25) is 0 Å². The molecule has 1 N–H and O–H groups in total. The first-order valence-corrected chi connectivity index (χ1v) is 8.32. The quantitative estimate of drug-likeness (QED) is 0.862. The van der Waals surface area contributed by atoms with Crippen LogP contribution in [0.3, 0.4) is 0 Å². The second kappa shape index (κ2) is 7.06. The monoisotopic (exact) mass is 282 g/mol. The molecule has 0 aromatic heterocycles. The van der Waals surface area contributed by atoms with Gasteiger partial charge in [0, 0.05) is 12.6 Å². The Morgan fingerprint density at radius 3 is 2.62 bits per heavy atom. The van der Waals surface area contributed by atoms with Crippen LogP contribution < -0.4 is 5.32 Å². The molecule has 2 aromatic rings. The lowest BCUT2D eigenvalue weighted by Crippen LogP contribution is -2.34. The molecule has 0 amide bonds. The first kappa shape index (κ1) is 14.6. The summed E-state index contributed by atoms with van der Waals surface area (Å²) < 4.78 is 0. The van der Waals surface area contributed by atoms with Gasteiger partial charge in [0.25, 0.3) is 0 Å². The summed E-state index contributed by atoms with van der Waals surface area (Å²) in [6, 6.07) is 15.9. The third kappa shape index (κ3) is 3.45. The van der Waals surface area contributed by atoms with E-state index in [1.165, 1.54) is 48.7 Å². The first-order chi connectivity index (χ1) is 10.4. The standard InChI is InChI=1S/C19H26N2/c1-2-12-20-19(15-21-13-5-6-14-21)18-11-7-9-16-8-3-4-10-17(16)18/h3-4,7-11,19-20H,2,5-6,12-15H2,1H3. The van der Waals surface area contributed by atoms with E-state index in [-0.39, 0.29) is 0 Å². The highest BCUT2D eigenvalue weighted by Crippen LogP contribution is 2.26. The fourth-order valence-corrected chi connectivity index (χ4v) is 3.37. The molecule has 2 heteroatoms. The van der Waals surface area contributed by atoms with Gasteiger partial charge >= 0.3 is 0 Å². The van der Waals surface area contributed by atoms with Crippen LogP contribution >= 0.6 is 0 Å². The molecule has 1 fully saturated rings. The van der Waals surface area contributed by atoms with Gasteiger partial charge in [-0.15, -0.1) is 0 Å². The number of nitrogens with zero attached hydrogens (tertiary/aromatic N) is 1. The minimum atomic E-state index is 0.439. The van der Waals surface area contributed by atoms with Crippen molar-refractivity contribution in [2.45, 2.75) is 32.2 Å². The zero-order valence-electron chi connectivity index (χ0n) is 13.0. The normalized spacial score (nSPS) is 17.4. The van der Waals surface area contributed by atoms with Crippen molar-refractivity contribution in [2.75, 3.05) is 26.2 Å². The molecular weight excluding hydrogens is 256 g/mol. The highest BCUT2D eigenvalue weighted by molar-refractivity contribution is 5.86. The van der Waals surface area contributed by atoms with Crippen molar-refractivity contribution in [2.24, 2.45) is 0 Å². The molecule has 1 atom stereocenters. The molecular formula is C19H26N2. The fraction of sp³-hybridized carbons (Fsp3) is 0.474. The van der Waals surface area contributed by atoms with E-state index >= 15 is 0 Å². The van der Waals surface area contributed by atoms with E-state index in [1.807, 2.05) is 0 Å². The molecule has 2 nitrogen and oxygen atoms in total. The Bertz CT molecular complexity index is 567. The predicted octanol–water partition coefficient (Wildman–Crippen LogP) is 3.98. The minimum Gasteiger partial charge on any atom is -0.309 e. The first-order valence-electron chi connectivity index (χ1n) is 8.32. The van der Waals surface area contributed by atoms with Gasteiger partial charge in [-0.1, -0.05) is 49.4 Å². The van der Waals surface area contributed by atoms with E-state index in [0.717, 1.165) is 13.1 Å². The number of likely N-dealkylation sites (tertiary alicyclic amines) is 1. The molecule has 0 saturated carbocycles. The number of rotatable bonds is 6. The van der Waals surface area contributed by atoms with Crippen molar-refractivity contribution in [3.8, 4) is 0 Å². The van der Waals surface area contributed by atoms with Crippen molar-refractivity contribution >= 4 is 10.8 Å². The topological polar surface area (TPSA) is 15.3 Å². The SMILES string of the molecule is CCCNC(CN1CCCC1)c1cccc2ccccc12. The van der Waals surface area contributed by atoms with E-state index in [2.05, 4.69) is 59.6 Å². The van der Waals surface area contributed by atoms with Crippen molar-refractivity contribution < 1.29 is 0 Å². The van der Waals surface area contributed by atoms with Crippen LogP contribution in [0.1, 0.15) is 37.8 Å². The van der Waals surface area contributed by atoms with Crippen LogP contribution in [0.4, 0.5) is 0 Å². The van der Waals surface area contributed by atoms with E-state index in [9.17, 15) is 0 Å². The van der Waals surface area contributed by atoms with Gasteiger partial charge in [0.2, 0.25) is 0 Å². The van der Waals surface area contributed by atoms with Crippen molar-refractivity contribution in [1.29, 1.82) is 0 Å². The highest BCUT2D eigenvalue weighted by Gasteiger charge is 2.19. The zero-order chi connectivity index (χ0) is 14.5. The molecule has 0 spiro atoms. The minimum absolute atomic E-state index is 0.439. The fourth-order valence-electron chi connectivity index (χ4n) is 3.37. The second-order valence-electron chi connectivity index (χ2n) is 6.08. The van der Waals surface area contributed by atoms with Crippen molar-refractivity contribution in [3.63, 3.8) is 0 Å². The summed E-state index contributed by atoms with van der Waals surface area (Å²) in [6.45, 7) is 6.98. The van der Waals surface area contributed by atoms with Crippen LogP contribution in [0.15, 0.2) is 42.5 Å². The summed E-state index contributed by atoms with van der Waals surface area (Å²) in [5, 5.41) is 6.51. The van der Waals surface area contributed by atoms with Gasteiger partial charge in [0.1, 0.15) is 0 Å². The van der Waals surface area contributed by atoms with E-state index in [1.54, 1.807) is 0 Å². The van der Waals surface area contributed by atoms with Gasteiger partial charge in [0.15, 0.2) is 0 Å². The molecule has 112 valence electrons. The Labute approximate surface area is 128 Å². The number of fused-ring (bicyclic) bond motifs is 1. The maximum Gasteiger partial charge on any atom is 0.0455 e. The summed E-state index contributed by atoms with van der Waals surface area (Å²) in [4.78, 5) is 2.61. The van der Waals surface area contributed by atoms with Gasteiger partial charge in [-0.25, -0.2) is 0 Å². The molecule has 1 saturated heterocycles. The number of hydrogen-bond donors (Lipinski definition) is 1. The highest BCUT2D eigenvalue weighted by atomic mass is 15.2. The summed E-state index contributed by atoms with van der Waals surface area (Å²) in [5.41, 5.74) is 1.45. The molecule has 1 unspecified atom stereocenters. The van der Waals surface area contributed by atoms with E-state index in [0.29, 0.717) is 6.04 Å². The molecule has 0 bridgehead atoms. The van der Waals surface area contributed by atoms with Crippen molar-refractivity contribution in [3.05, 3.63) is 48.0 Å². The zero-order valence-corrected chi connectivity index (χ0v) is 13.0. The molecule has 0 aliphatic carbocycles. The van der Waals surface area contributed by atoms with Crippen LogP contribution in [0.5, 0.6) is 0 Å². The van der Waals surface area contributed by atoms with Crippen LogP contribution in [0, 0.1) is 0 Å². The largest absolute Gasteiger partial charge is 0.309 e. The van der Waals surface area contributed by atoms with Crippen molar-refractivity contribution in [1.82, 2.24) is 10.2 Å². The third-order valence-electron chi connectivity index (χ3n) is 4.48. The van der Waals surface area contributed by atoms with Crippen LogP contribution in [-0.2, 0) is 0 Å². The molecule has 21 heavy (non-hydrogen) atoms. The Kier molecular flexibility index (Phi) is 4.89. The molecule has 1 heterocycles. The maximum atomic E-state index is 3.76. The van der Waals surface area contributed by atoms with E-state index in [4.69, 9.17) is 0 Å². The third-order valence-corrected chi connectivity index (χ3v) is 4.48. The van der Waals surface area contributed by atoms with Crippen LogP contribution in [-0.4, -0.2) is 31.1 Å². The molecule has 3 rings (SSSR count). The lowest BCUT2D eigenvalue weighted by Gasteiger charge is -2.26. The van der Waals surface area contributed by atoms with Gasteiger partial charge in [-0.2, -0.15) is 0 Å². The maximum absolute atomic E-state index is 3.76. The van der Waals surface area contributed by atoms with E-state index < -0.39 is 0 Å². The number of hydrogen-bond acceptors (Lipinski definition) is 2. The predicted molar refractivity (Wildman–Crippen MR) is 90.7 cm³/mol. The summed E-state index contributed by atoms with van der Waals surface area (Å²) >= 11 is 0. The average molecular weight is 282 g/mol. The lowest BCUT2D eigenvalue weighted by atomic mass is 9.98. The van der Waals surface area contributed by atoms with Crippen LogP contribution in [0.25, 0.3) is 10.8 Å². The summed E-state index contributed by atoms with van der Waals surface area (Å²) in [5.74, 6) is 0. The Morgan fingerprint density at radius 1 is 1.05 bits per heavy atom. The second-order valence-corrected chi connectivity index (χ2v) is 6.08. The van der Waals surface area contributed by atoms with Crippen LogP contribution in [0.2, 0.25) is 0 Å². The number of benzene rings is 2. The summed E-state index contributed by atoms with van der Waals surface area (Å²) in [6.07, 6.45) is 3.90. The summed E-state index contributed by atoms with van der Waals surface area (Å²) in [7, 11) is 0. The Balaban J connectivity index is 1.89. The Hall–Kier alpha value is -1.38. The van der Waals surface area contributed by atoms with Gasteiger partial charge < -0.3 is 10.2 Å². The Morgan fingerprint density at radius 2 is 1.81 bits per heavy atom. The molecule has 0 radical (unpaired) electrons. The molecule has 2 aromatic carbocycles. The van der Waals surface area contributed by atoms with Gasteiger partial charge in [0.05, 0.1) is 0 Å². The molecule has 1 aliphatic rings. The average Bonchev–Trinajstić information content (AvgIpc) is 3.04. The molecule has 1 aliphatic heterocycles. The number of nitrogens with one attached hydrogen (secondary N) is 1. The lowest BCUT2D eigenvalue weighted by molar-refractivity contribution is 0.293. The van der Waals surface area contributed by atoms with Gasteiger partial charge in [-0.05, 0) is 55.2 Å².